The van der Waals surface area contributed by atoms with Gasteiger partial charge in [0.25, 0.3) is 10.0 Å². The maximum Gasteiger partial charge on any atom is 0.346 e. The van der Waals surface area contributed by atoms with Crippen molar-refractivity contribution in [3.8, 4) is 11.8 Å². The number of hydrogen-bond acceptors (Lipinski definition) is 9. The van der Waals surface area contributed by atoms with Crippen LogP contribution in [0.5, 0.6) is 11.8 Å². The van der Waals surface area contributed by atoms with Gasteiger partial charge in [0.1, 0.15) is 0 Å². The van der Waals surface area contributed by atoms with Crippen molar-refractivity contribution in [3.63, 3.8) is 0 Å². The Kier molecular flexibility index (Phi) is 6.90. The van der Waals surface area contributed by atoms with Crippen molar-refractivity contribution in [1.82, 2.24) is 19.6 Å². The largest absolute Gasteiger partial charge is 0.481 e. The Morgan fingerprint density at radius 2 is 1.66 bits per heavy atom. The Balaban J connectivity index is 2.49. The number of urea groups is 2. The number of rotatable bonds is 6. The van der Waals surface area contributed by atoms with Crippen LogP contribution in [-0.2, 0) is 10.0 Å². The van der Waals surface area contributed by atoms with E-state index in [-0.39, 0.29) is 23.3 Å². The number of aromatic nitrogens is 2. The van der Waals surface area contributed by atoms with Gasteiger partial charge in [0.2, 0.25) is 17.7 Å². The number of benzene rings is 1. The van der Waals surface area contributed by atoms with Gasteiger partial charge in [-0.2, -0.15) is 14.9 Å². The van der Waals surface area contributed by atoms with E-state index in [2.05, 4.69) is 9.97 Å². The van der Waals surface area contributed by atoms with Gasteiger partial charge in [-0.1, -0.05) is 18.2 Å². The molecule has 4 amide bonds. The highest BCUT2D eigenvalue weighted by molar-refractivity contribution is 7.90. The van der Waals surface area contributed by atoms with Gasteiger partial charge < -0.3 is 20.1 Å². The summed E-state index contributed by atoms with van der Waals surface area (Å²) in [5.41, 5.74) is 5.46. The average Bonchev–Trinajstić information content (AvgIpc) is 2.73. The van der Waals surface area contributed by atoms with Gasteiger partial charge in [0.05, 0.1) is 31.9 Å². The molecule has 1 aromatic heterocycles. The minimum atomic E-state index is -4.27. The Hall–Kier alpha value is -3.45. The molecule has 0 aliphatic rings. The second-order valence-corrected chi connectivity index (χ2v) is 7.16. The van der Waals surface area contributed by atoms with Crippen molar-refractivity contribution in [1.29, 1.82) is 0 Å². The smallest absolute Gasteiger partial charge is 0.346 e. The molecule has 0 radical (unpaired) electrons. The molecule has 0 unspecified atom stereocenters. The molecule has 1 heterocycles. The summed E-state index contributed by atoms with van der Waals surface area (Å²) in [6.45, 7) is -0.255. The van der Waals surface area contributed by atoms with E-state index in [0.29, 0.717) is 4.90 Å². The molecule has 0 aliphatic heterocycles. The number of methoxy groups -OCH3 is 2. The zero-order valence-corrected chi connectivity index (χ0v) is 16.7. The van der Waals surface area contributed by atoms with Crippen LogP contribution in [0.3, 0.4) is 0 Å². The quantitative estimate of drug-likeness (QED) is 0.625. The minimum absolute atomic E-state index is 0.0150. The third kappa shape index (κ3) is 5.08. The summed E-state index contributed by atoms with van der Waals surface area (Å²) in [4.78, 5) is 34.5. The Morgan fingerprint density at radius 1 is 1.10 bits per heavy atom. The number of imide groups is 1. The fourth-order valence-electron chi connectivity index (χ4n) is 2.03. The maximum absolute atomic E-state index is 12.8. The van der Waals surface area contributed by atoms with E-state index in [4.69, 9.17) is 15.2 Å². The molecule has 0 spiro atoms. The van der Waals surface area contributed by atoms with Crippen molar-refractivity contribution in [2.75, 3.05) is 32.8 Å². The average molecular weight is 424 g/mol. The molecule has 3 N–H and O–H groups in total. The highest BCUT2D eigenvalue weighted by Gasteiger charge is 2.32. The maximum atomic E-state index is 12.8. The van der Waals surface area contributed by atoms with Crippen LogP contribution < -0.4 is 24.8 Å². The summed E-state index contributed by atoms with van der Waals surface area (Å²) >= 11 is 0. The molecule has 0 atom stereocenters. The fourth-order valence-corrected chi connectivity index (χ4v) is 2.99. The first kappa shape index (κ1) is 21.8. The SMILES string of the molecule is COc1cc(OC)nc(N(C(=O)NS(=O)(=O)c2ccccc2)C(=O)N(C)CN)n1. The van der Waals surface area contributed by atoms with E-state index < -0.39 is 28.0 Å². The van der Waals surface area contributed by atoms with Crippen LogP contribution in [-0.4, -0.2) is 63.3 Å². The van der Waals surface area contributed by atoms with Crippen molar-refractivity contribution >= 4 is 28.0 Å². The van der Waals surface area contributed by atoms with Gasteiger partial charge >= 0.3 is 12.1 Å². The number of ether oxygens (including phenoxy) is 2. The highest BCUT2D eigenvalue weighted by atomic mass is 32.2. The minimum Gasteiger partial charge on any atom is -0.481 e. The Bertz CT molecular complexity index is 962. The van der Waals surface area contributed by atoms with Crippen LogP contribution in [0.2, 0.25) is 0 Å². The van der Waals surface area contributed by atoms with E-state index in [1.807, 2.05) is 4.72 Å². The molecule has 2 rings (SSSR count). The molecular weight excluding hydrogens is 404 g/mol. The molecule has 12 nitrogen and oxygen atoms in total. The van der Waals surface area contributed by atoms with Crippen molar-refractivity contribution in [2.45, 2.75) is 4.90 Å². The highest BCUT2D eigenvalue weighted by Crippen LogP contribution is 2.21. The third-order valence-electron chi connectivity index (χ3n) is 3.56. The molecule has 0 saturated carbocycles. The van der Waals surface area contributed by atoms with Gasteiger partial charge in [-0.25, -0.2) is 22.7 Å². The molecule has 0 bridgehead atoms. The van der Waals surface area contributed by atoms with Crippen LogP contribution >= 0.6 is 0 Å². The van der Waals surface area contributed by atoms with Crippen LogP contribution in [0, 0.1) is 0 Å². The van der Waals surface area contributed by atoms with Crippen LogP contribution in [0.1, 0.15) is 0 Å². The summed E-state index contributed by atoms with van der Waals surface area (Å²) in [6, 6.07) is 6.21. The third-order valence-corrected chi connectivity index (χ3v) is 4.89. The lowest BCUT2D eigenvalue weighted by atomic mass is 10.4. The predicted molar refractivity (Wildman–Crippen MR) is 102 cm³/mol. The molecule has 0 fully saturated rings. The van der Waals surface area contributed by atoms with Gasteiger partial charge in [-0.15, -0.1) is 0 Å². The molecule has 1 aromatic carbocycles. The topological polar surface area (TPSA) is 157 Å². The summed E-state index contributed by atoms with van der Waals surface area (Å²) in [5, 5.41) is 0. The van der Waals surface area contributed by atoms with Crippen LogP contribution in [0.25, 0.3) is 0 Å². The lowest BCUT2D eigenvalue weighted by molar-refractivity contribution is 0.213. The lowest BCUT2D eigenvalue weighted by Gasteiger charge is -2.24. The summed E-state index contributed by atoms with van der Waals surface area (Å²) in [7, 11) is -0.342. The number of carbonyl (C=O) groups excluding carboxylic acids is 2. The first-order valence-corrected chi connectivity index (χ1v) is 9.56. The zero-order chi connectivity index (χ0) is 21.6. The molecule has 0 aliphatic carbocycles. The van der Waals surface area contributed by atoms with E-state index in [9.17, 15) is 18.0 Å². The number of carbonyl (C=O) groups is 2. The van der Waals surface area contributed by atoms with Gasteiger partial charge in [-0.05, 0) is 12.1 Å². The zero-order valence-electron chi connectivity index (χ0n) is 15.9. The van der Waals surface area contributed by atoms with Crippen molar-refractivity contribution < 1.29 is 27.5 Å². The fraction of sp³-hybridized carbons (Fsp3) is 0.250. The van der Waals surface area contributed by atoms with Crippen LogP contribution in [0.15, 0.2) is 41.3 Å². The summed E-state index contributed by atoms with van der Waals surface area (Å²) < 4.78 is 36.8. The molecule has 2 aromatic rings. The summed E-state index contributed by atoms with van der Waals surface area (Å²) in [6.07, 6.45) is 0. The Morgan fingerprint density at radius 3 is 2.14 bits per heavy atom. The lowest BCUT2D eigenvalue weighted by Crippen LogP contribution is -2.52. The number of nitrogens with one attached hydrogen (secondary N) is 1. The first-order valence-electron chi connectivity index (χ1n) is 8.07. The van der Waals surface area contributed by atoms with E-state index in [1.54, 1.807) is 6.07 Å². The predicted octanol–water partition coefficient (Wildman–Crippen LogP) is 0.367. The van der Waals surface area contributed by atoms with E-state index in [1.165, 1.54) is 51.6 Å². The standard InChI is InChI=1S/C16H20N6O6S/c1-21(10-17)16(24)22(14-18-12(27-2)9-13(19-14)28-3)15(23)20-29(25,26)11-7-5-4-6-8-11/h4-9H,10,17H2,1-3H3,(H,20,23). The van der Waals surface area contributed by atoms with Gasteiger partial charge in [0, 0.05) is 7.05 Å². The second kappa shape index (κ2) is 9.16. The molecule has 0 saturated heterocycles. The molecule has 13 heteroatoms. The monoisotopic (exact) mass is 424 g/mol. The molecular formula is C16H20N6O6S. The number of nitrogens with zero attached hydrogens (tertiary/aromatic N) is 4. The Labute approximate surface area is 167 Å². The van der Waals surface area contributed by atoms with E-state index in [0.717, 1.165) is 4.90 Å². The molecule has 156 valence electrons. The molecule has 29 heavy (non-hydrogen) atoms. The van der Waals surface area contributed by atoms with Crippen molar-refractivity contribution in [3.05, 3.63) is 36.4 Å². The number of hydrogen-bond donors (Lipinski definition) is 2. The van der Waals surface area contributed by atoms with Gasteiger partial charge in [0.15, 0.2) is 0 Å². The second-order valence-electron chi connectivity index (χ2n) is 5.47. The summed E-state index contributed by atoms with van der Waals surface area (Å²) in [5.74, 6) is -0.496. The normalized spacial score (nSPS) is 10.8. The number of amides is 4. The number of sulfonamides is 1. The number of nitrogens with two attached hydrogens (primary N) is 1. The van der Waals surface area contributed by atoms with Crippen molar-refractivity contribution in [2.24, 2.45) is 5.73 Å². The van der Waals surface area contributed by atoms with Gasteiger partial charge in [-0.3, -0.25) is 0 Å². The number of anilines is 1. The first-order chi connectivity index (χ1) is 13.7. The van der Waals surface area contributed by atoms with Crippen LogP contribution in [0.4, 0.5) is 15.5 Å². The van der Waals surface area contributed by atoms with E-state index >= 15 is 0 Å².